The van der Waals surface area contributed by atoms with E-state index in [9.17, 15) is 0 Å². The van der Waals surface area contributed by atoms with Crippen molar-refractivity contribution in [3.8, 4) is 44.8 Å². The van der Waals surface area contributed by atoms with Crippen LogP contribution in [0.2, 0.25) is 0 Å². The Labute approximate surface area is 328 Å². The van der Waals surface area contributed by atoms with Crippen LogP contribution in [0, 0.1) is 0 Å². The minimum absolute atomic E-state index is 0.891. The Morgan fingerprint density at radius 2 is 0.825 bits per heavy atom. The third-order valence-corrected chi connectivity index (χ3v) is 11.7. The zero-order valence-corrected chi connectivity index (χ0v) is 30.9. The molecule has 12 rings (SSSR count). The highest BCUT2D eigenvalue weighted by Gasteiger charge is 2.21. The Kier molecular flexibility index (Phi) is 6.93. The molecule has 57 heavy (non-hydrogen) atoms. The van der Waals surface area contributed by atoms with Gasteiger partial charge in [-0.3, -0.25) is 0 Å². The molecular weight excluding hydrogens is 693 g/mol. The van der Waals surface area contributed by atoms with E-state index in [0.717, 1.165) is 38.7 Å². The van der Waals surface area contributed by atoms with E-state index >= 15 is 0 Å². The van der Waals surface area contributed by atoms with E-state index in [-0.39, 0.29) is 0 Å². The van der Waals surface area contributed by atoms with Gasteiger partial charge in [0.15, 0.2) is 5.58 Å². The molecule has 3 nitrogen and oxygen atoms in total. The number of furan rings is 1. The molecule has 3 heteroatoms. The summed E-state index contributed by atoms with van der Waals surface area (Å²) in [5, 5.41) is 7.14. The molecule has 0 aliphatic rings. The highest BCUT2D eigenvalue weighted by atomic mass is 16.3. The molecule has 0 saturated carbocycles. The fourth-order valence-electron chi connectivity index (χ4n) is 9.22. The quantitative estimate of drug-likeness (QED) is 0.173. The lowest BCUT2D eigenvalue weighted by molar-refractivity contribution is 0.666. The van der Waals surface area contributed by atoms with E-state index in [1.54, 1.807) is 0 Å². The zero-order valence-electron chi connectivity index (χ0n) is 30.9. The van der Waals surface area contributed by atoms with Crippen LogP contribution in [-0.4, -0.2) is 9.13 Å². The zero-order chi connectivity index (χ0) is 37.5. The summed E-state index contributed by atoms with van der Waals surface area (Å²) < 4.78 is 11.5. The van der Waals surface area contributed by atoms with Gasteiger partial charge in [0.25, 0.3) is 0 Å². The highest BCUT2D eigenvalue weighted by Crippen LogP contribution is 2.44. The molecule has 0 aliphatic heterocycles. The van der Waals surface area contributed by atoms with Crippen molar-refractivity contribution >= 4 is 65.6 Å². The van der Waals surface area contributed by atoms with Gasteiger partial charge in [-0.25, -0.2) is 0 Å². The first-order chi connectivity index (χ1) is 28.3. The van der Waals surface area contributed by atoms with Gasteiger partial charge in [-0.15, -0.1) is 0 Å². The number of hydrogen-bond donors (Lipinski definition) is 0. The van der Waals surface area contributed by atoms with Gasteiger partial charge in [-0.2, -0.15) is 0 Å². The van der Waals surface area contributed by atoms with Crippen molar-refractivity contribution in [1.29, 1.82) is 0 Å². The van der Waals surface area contributed by atoms with Crippen LogP contribution >= 0.6 is 0 Å². The maximum Gasteiger partial charge on any atom is 0.159 e. The SMILES string of the molecule is c1ccc(-c2ccccc2-n2c3ccccc3c3cc(-c4ccc5c(c4)c4c(-c6ccccc6)cccc4n5-c4cccc5c4oc4ccccc45)ccc32)cc1. The molecule has 0 bridgehead atoms. The second-order valence-corrected chi connectivity index (χ2v) is 14.9. The molecule has 0 fully saturated rings. The van der Waals surface area contributed by atoms with E-state index in [2.05, 4.69) is 209 Å². The van der Waals surface area contributed by atoms with Crippen LogP contribution in [0.4, 0.5) is 0 Å². The first kappa shape index (κ1) is 31.7. The number of fused-ring (bicyclic) bond motifs is 9. The first-order valence-corrected chi connectivity index (χ1v) is 19.5. The summed E-state index contributed by atoms with van der Waals surface area (Å²) in [6.45, 7) is 0. The van der Waals surface area contributed by atoms with E-state index in [4.69, 9.17) is 4.42 Å². The normalized spacial score (nSPS) is 11.9. The van der Waals surface area contributed by atoms with Gasteiger partial charge >= 0.3 is 0 Å². The van der Waals surface area contributed by atoms with Gasteiger partial charge in [0, 0.05) is 37.9 Å². The van der Waals surface area contributed by atoms with Crippen molar-refractivity contribution in [1.82, 2.24) is 9.13 Å². The molecule has 0 N–H and O–H groups in total. The smallest absolute Gasteiger partial charge is 0.159 e. The molecule has 266 valence electrons. The largest absolute Gasteiger partial charge is 0.454 e. The van der Waals surface area contributed by atoms with Gasteiger partial charge in [-0.05, 0) is 82.4 Å². The Morgan fingerprint density at radius 1 is 0.298 bits per heavy atom. The Hall–Kier alpha value is -7.62. The van der Waals surface area contributed by atoms with Gasteiger partial charge in [-0.1, -0.05) is 152 Å². The molecule has 0 saturated heterocycles. The molecule has 0 aliphatic carbocycles. The lowest BCUT2D eigenvalue weighted by Crippen LogP contribution is -1.97. The van der Waals surface area contributed by atoms with E-state index < -0.39 is 0 Å². The summed E-state index contributed by atoms with van der Waals surface area (Å²) in [6.07, 6.45) is 0. The molecular formula is C54H34N2O. The third kappa shape index (κ3) is 4.79. The average Bonchev–Trinajstić information content (AvgIpc) is 3.94. The van der Waals surface area contributed by atoms with Crippen LogP contribution in [0.1, 0.15) is 0 Å². The number of hydrogen-bond acceptors (Lipinski definition) is 1. The van der Waals surface area contributed by atoms with Gasteiger partial charge < -0.3 is 13.6 Å². The fourth-order valence-corrected chi connectivity index (χ4v) is 9.22. The summed E-state index contributed by atoms with van der Waals surface area (Å²) in [4.78, 5) is 0. The van der Waals surface area contributed by atoms with Gasteiger partial charge in [0.1, 0.15) is 5.58 Å². The molecule has 12 aromatic rings. The minimum Gasteiger partial charge on any atom is -0.454 e. The number of rotatable bonds is 5. The number of aromatic nitrogens is 2. The number of para-hydroxylation sites is 4. The van der Waals surface area contributed by atoms with Crippen LogP contribution in [0.15, 0.2) is 211 Å². The lowest BCUT2D eigenvalue weighted by Gasteiger charge is -2.14. The Bertz CT molecular complexity index is 3510. The second-order valence-electron chi connectivity index (χ2n) is 14.9. The monoisotopic (exact) mass is 726 g/mol. The molecule has 0 atom stereocenters. The maximum absolute atomic E-state index is 6.63. The molecule has 9 aromatic carbocycles. The fraction of sp³-hybridized carbons (Fsp3) is 0. The van der Waals surface area contributed by atoms with Crippen molar-refractivity contribution in [3.05, 3.63) is 206 Å². The standard InChI is InChI=1S/C54H34N2O/c1-3-15-35(16-4-1)39-19-7-10-24-46(39)55-47-25-11-8-20-41(47)44-33-37(29-31-48(44)55)38-30-32-49-45(34-38)53-40(36-17-5-2-6-18-36)22-13-26-50(53)56(49)51-27-14-23-43-42-21-9-12-28-52(42)57-54(43)51/h1-34H. The van der Waals surface area contributed by atoms with E-state index in [1.165, 1.54) is 71.6 Å². The summed E-state index contributed by atoms with van der Waals surface area (Å²) >= 11 is 0. The molecule has 3 heterocycles. The first-order valence-electron chi connectivity index (χ1n) is 19.5. The van der Waals surface area contributed by atoms with Crippen molar-refractivity contribution in [2.75, 3.05) is 0 Å². The minimum atomic E-state index is 0.891. The van der Waals surface area contributed by atoms with Gasteiger partial charge in [0.05, 0.1) is 33.4 Å². The highest BCUT2D eigenvalue weighted by molar-refractivity contribution is 6.18. The second kappa shape index (κ2) is 12.5. The van der Waals surface area contributed by atoms with Crippen molar-refractivity contribution in [2.24, 2.45) is 0 Å². The Balaban J connectivity index is 1.10. The topological polar surface area (TPSA) is 23.0 Å². The van der Waals surface area contributed by atoms with Gasteiger partial charge in [0.2, 0.25) is 0 Å². The summed E-state index contributed by atoms with van der Waals surface area (Å²) in [6, 6.07) is 74.4. The maximum atomic E-state index is 6.63. The van der Waals surface area contributed by atoms with Crippen molar-refractivity contribution in [2.45, 2.75) is 0 Å². The van der Waals surface area contributed by atoms with Crippen molar-refractivity contribution < 1.29 is 4.42 Å². The van der Waals surface area contributed by atoms with Crippen LogP contribution < -0.4 is 0 Å². The molecule has 0 amide bonds. The third-order valence-electron chi connectivity index (χ3n) is 11.7. The molecule has 0 radical (unpaired) electrons. The average molecular weight is 727 g/mol. The molecule has 3 aromatic heterocycles. The predicted octanol–water partition coefficient (Wildman–Crippen LogP) is 14.8. The predicted molar refractivity (Wildman–Crippen MR) is 239 cm³/mol. The number of benzene rings is 9. The Morgan fingerprint density at radius 3 is 1.63 bits per heavy atom. The molecule has 0 spiro atoms. The summed E-state index contributed by atoms with van der Waals surface area (Å²) in [5.41, 5.74) is 15.8. The van der Waals surface area contributed by atoms with Crippen LogP contribution in [0.5, 0.6) is 0 Å². The van der Waals surface area contributed by atoms with E-state index in [1.807, 2.05) is 6.07 Å². The summed E-state index contributed by atoms with van der Waals surface area (Å²) in [7, 11) is 0. The summed E-state index contributed by atoms with van der Waals surface area (Å²) in [5.74, 6) is 0. The van der Waals surface area contributed by atoms with Crippen LogP contribution in [0.3, 0.4) is 0 Å². The molecule has 0 unspecified atom stereocenters. The van der Waals surface area contributed by atoms with E-state index in [0.29, 0.717) is 0 Å². The van der Waals surface area contributed by atoms with Crippen LogP contribution in [0.25, 0.3) is 110 Å². The van der Waals surface area contributed by atoms with Crippen LogP contribution in [-0.2, 0) is 0 Å². The lowest BCUT2D eigenvalue weighted by atomic mass is 9.97. The number of nitrogens with zero attached hydrogens (tertiary/aromatic N) is 2. The van der Waals surface area contributed by atoms with Crippen molar-refractivity contribution in [3.63, 3.8) is 0 Å².